The molecular formula is C30H43N3O6. The summed E-state index contributed by atoms with van der Waals surface area (Å²) in [4.78, 5) is 29.7. The summed E-state index contributed by atoms with van der Waals surface area (Å²) in [6.45, 7) is 7.93. The zero-order chi connectivity index (χ0) is 28.2. The quantitative estimate of drug-likeness (QED) is 0.361. The van der Waals surface area contributed by atoms with Crippen LogP contribution >= 0.6 is 0 Å². The summed E-state index contributed by atoms with van der Waals surface area (Å²) in [6.07, 6.45) is 0.385. The van der Waals surface area contributed by atoms with Gasteiger partial charge >= 0.3 is 6.09 Å². The molecule has 1 aliphatic heterocycles. The molecular weight excluding hydrogens is 498 g/mol. The van der Waals surface area contributed by atoms with Gasteiger partial charge in [0.05, 0.1) is 20.3 Å². The molecule has 9 heteroatoms. The Bertz CT molecular complexity index is 1050. The van der Waals surface area contributed by atoms with Crippen LogP contribution in [-0.2, 0) is 16.0 Å². The molecule has 214 valence electrons. The van der Waals surface area contributed by atoms with Crippen LogP contribution in [0.2, 0.25) is 0 Å². The minimum absolute atomic E-state index is 0.00789. The van der Waals surface area contributed by atoms with Crippen molar-refractivity contribution < 1.29 is 28.5 Å². The maximum Gasteiger partial charge on any atom is 0.409 e. The number of methoxy groups -OCH3 is 2. The first-order valence-corrected chi connectivity index (χ1v) is 13.6. The Kier molecular flexibility index (Phi) is 11.9. The number of hydrogen-bond acceptors (Lipinski definition) is 7. The summed E-state index contributed by atoms with van der Waals surface area (Å²) in [5.74, 6) is 1.32. The molecule has 0 aliphatic carbocycles. The number of ether oxygens (including phenoxy) is 4. The van der Waals surface area contributed by atoms with E-state index in [-0.39, 0.29) is 29.9 Å². The van der Waals surface area contributed by atoms with Crippen molar-refractivity contribution in [2.75, 3.05) is 60.7 Å². The molecule has 0 bridgehead atoms. The van der Waals surface area contributed by atoms with Gasteiger partial charge in [0.25, 0.3) is 5.91 Å². The topological polar surface area (TPSA) is 89.6 Å². The number of nitrogens with zero attached hydrogens (tertiary/aromatic N) is 2. The smallest absolute Gasteiger partial charge is 0.409 e. The molecule has 0 saturated carbocycles. The van der Waals surface area contributed by atoms with Crippen LogP contribution in [0.5, 0.6) is 11.5 Å². The van der Waals surface area contributed by atoms with Crippen molar-refractivity contribution >= 4 is 12.0 Å². The van der Waals surface area contributed by atoms with Crippen molar-refractivity contribution in [3.8, 4) is 11.5 Å². The maximum atomic E-state index is 13.6. The fraction of sp³-hybridized carbons (Fsp3) is 0.533. The van der Waals surface area contributed by atoms with Crippen LogP contribution < -0.4 is 14.8 Å². The molecule has 2 amide bonds. The normalized spacial score (nSPS) is 16.7. The molecule has 2 atom stereocenters. The molecule has 0 unspecified atom stereocenters. The zero-order valence-electron chi connectivity index (χ0n) is 23.9. The van der Waals surface area contributed by atoms with Crippen LogP contribution in [0.15, 0.2) is 48.5 Å². The first kappa shape index (κ1) is 30.2. The van der Waals surface area contributed by atoms with E-state index in [0.717, 1.165) is 25.1 Å². The summed E-state index contributed by atoms with van der Waals surface area (Å²) >= 11 is 0. The molecule has 1 saturated heterocycles. The molecule has 0 aromatic heterocycles. The maximum absolute atomic E-state index is 13.6. The van der Waals surface area contributed by atoms with E-state index in [1.165, 1.54) is 0 Å². The average molecular weight is 542 g/mol. The second-order valence-electron chi connectivity index (χ2n) is 10.2. The average Bonchev–Trinajstić information content (AvgIpc) is 3.39. The number of nitrogens with one attached hydrogen (secondary N) is 1. The Morgan fingerprint density at radius 3 is 2.44 bits per heavy atom. The highest BCUT2D eigenvalue weighted by atomic mass is 16.6. The van der Waals surface area contributed by atoms with Crippen molar-refractivity contribution in [2.24, 2.45) is 11.8 Å². The lowest BCUT2D eigenvalue weighted by molar-refractivity contribution is 0.0602. The summed E-state index contributed by atoms with van der Waals surface area (Å²) in [5, 5.41) is 3.41. The van der Waals surface area contributed by atoms with Gasteiger partial charge in [-0.3, -0.25) is 4.79 Å². The fourth-order valence-corrected chi connectivity index (χ4v) is 4.66. The summed E-state index contributed by atoms with van der Waals surface area (Å²) in [6, 6.07) is 15.1. The summed E-state index contributed by atoms with van der Waals surface area (Å²) < 4.78 is 22.1. The molecule has 0 radical (unpaired) electrons. The third-order valence-electron chi connectivity index (χ3n) is 6.95. The SMILES string of the molecule is COCCCOc1cc(C(=O)N(C[C@@H]2CNC[C@H]2COC(=O)N(C)Cc2ccccc2)C(C)C)ccc1OC. The molecule has 0 spiro atoms. The highest BCUT2D eigenvalue weighted by molar-refractivity contribution is 5.95. The van der Waals surface area contributed by atoms with E-state index in [1.807, 2.05) is 49.1 Å². The lowest BCUT2D eigenvalue weighted by Crippen LogP contribution is -2.42. The zero-order valence-corrected chi connectivity index (χ0v) is 23.9. The number of amides is 2. The van der Waals surface area contributed by atoms with Gasteiger partial charge < -0.3 is 34.1 Å². The van der Waals surface area contributed by atoms with E-state index < -0.39 is 0 Å². The molecule has 39 heavy (non-hydrogen) atoms. The van der Waals surface area contributed by atoms with Crippen LogP contribution in [-0.4, -0.2) is 88.6 Å². The van der Waals surface area contributed by atoms with Crippen molar-refractivity contribution in [1.82, 2.24) is 15.1 Å². The van der Waals surface area contributed by atoms with Crippen molar-refractivity contribution in [2.45, 2.75) is 32.9 Å². The second kappa shape index (κ2) is 15.3. The van der Waals surface area contributed by atoms with Gasteiger partial charge in [0.15, 0.2) is 11.5 Å². The first-order valence-electron chi connectivity index (χ1n) is 13.6. The van der Waals surface area contributed by atoms with Crippen LogP contribution in [0.25, 0.3) is 0 Å². The predicted octanol–water partition coefficient (Wildman–Crippen LogP) is 4.07. The van der Waals surface area contributed by atoms with Gasteiger partial charge in [0.2, 0.25) is 0 Å². The Hall–Kier alpha value is -3.30. The van der Waals surface area contributed by atoms with E-state index in [2.05, 4.69) is 5.32 Å². The van der Waals surface area contributed by atoms with Gasteiger partial charge in [0, 0.05) is 70.9 Å². The highest BCUT2D eigenvalue weighted by Crippen LogP contribution is 2.30. The molecule has 2 aromatic carbocycles. The molecule has 1 heterocycles. The van der Waals surface area contributed by atoms with Gasteiger partial charge in [0.1, 0.15) is 0 Å². The molecule has 1 aliphatic rings. The van der Waals surface area contributed by atoms with E-state index in [9.17, 15) is 9.59 Å². The third-order valence-corrected chi connectivity index (χ3v) is 6.95. The van der Waals surface area contributed by atoms with Gasteiger partial charge in [-0.05, 0) is 43.5 Å². The van der Waals surface area contributed by atoms with Crippen molar-refractivity contribution in [3.05, 3.63) is 59.7 Å². The van der Waals surface area contributed by atoms with Gasteiger partial charge in [-0.25, -0.2) is 4.79 Å². The standard InChI is InChI=1S/C30H43N3O6/c1-22(2)33(29(34)24-12-13-27(37-5)28(16-24)38-15-9-14-36-4)20-25-17-31-18-26(25)21-39-30(35)32(3)19-23-10-7-6-8-11-23/h6-8,10-13,16,22,25-26,31H,9,14-15,17-21H2,1-5H3/t25-,26-/m0/s1. The second-order valence-corrected chi connectivity index (χ2v) is 10.2. The Morgan fingerprint density at radius 1 is 1.00 bits per heavy atom. The molecule has 1 N–H and O–H groups in total. The molecule has 1 fully saturated rings. The van der Waals surface area contributed by atoms with Crippen molar-refractivity contribution in [1.29, 1.82) is 0 Å². The number of rotatable bonds is 14. The molecule has 2 aromatic rings. The predicted molar refractivity (Wildman–Crippen MR) is 150 cm³/mol. The number of carbonyl (C=O) groups excluding carboxylic acids is 2. The number of benzene rings is 2. The van der Waals surface area contributed by atoms with Crippen LogP contribution in [0, 0.1) is 11.8 Å². The van der Waals surface area contributed by atoms with Crippen LogP contribution in [0.4, 0.5) is 4.79 Å². The largest absolute Gasteiger partial charge is 0.493 e. The monoisotopic (exact) mass is 541 g/mol. The molecule has 9 nitrogen and oxygen atoms in total. The number of carbonyl (C=O) groups is 2. The lowest BCUT2D eigenvalue weighted by atomic mass is 9.95. The van der Waals surface area contributed by atoms with Crippen molar-refractivity contribution in [3.63, 3.8) is 0 Å². The minimum Gasteiger partial charge on any atom is -0.493 e. The van der Waals surface area contributed by atoms with Crippen LogP contribution in [0.3, 0.4) is 0 Å². The summed E-state index contributed by atoms with van der Waals surface area (Å²) in [7, 11) is 4.97. The minimum atomic E-state index is -0.349. The van der Waals surface area contributed by atoms with Gasteiger partial charge in [-0.2, -0.15) is 0 Å². The lowest BCUT2D eigenvalue weighted by Gasteiger charge is -2.31. The Labute approximate surface area is 232 Å². The first-order chi connectivity index (χ1) is 18.8. The fourth-order valence-electron chi connectivity index (χ4n) is 4.66. The van der Waals surface area contributed by atoms with E-state index in [0.29, 0.717) is 50.0 Å². The Balaban J connectivity index is 1.61. The van der Waals surface area contributed by atoms with E-state index in [1.54, 1.807) is 44.4 Å². The van der Waals surface area contributed by atoms with Crippen LogP contribution in [0.1, 0.15) is 36.2 Å². The Morgan fingerprint density at radius 2 is 1.74 bits per heavy atom. The highest BCUT2D eigenvalue weighted by Gasteiger charge is 2.33. The van der Waals surface area contributed by atoms with Gasteiger partial charge in [-0.15, -0.1) is 0 Å². The molecule has 3 rings (SSSR count). The van der Waals surface area contributed by atoms with E-state index >= 15 is 0 Å². The number of hydrogen-bond donors (Lipinski definition) is 1. The van der Waals surface area contributed by atoms with Gasteiger partial charge in [-0.1, -0.05) is 30.3 Å². The third kappa shape index (κ3) is 8.86. The summed E-state index contributed by atoms with van der Waals surface area (Å²) in [5.41, 5.74) is 1.59. The van der Waals surface area contributed by atoms with E-state index in [4.69, 9.17) is 18.9 Å².